The number of likely N-dealkylation sites (tertiary alicyclic amines) is 1. The number of rotatable bonds is 4. The van der Waals surface area contributed by atoms with E-state index >= 15 is 0 Å². The number of hydrogen-bond donors (Lipinski definition) is 2. The fourth-order valence-corrected chi connectivity index (χ4v) is 3.45. The van der Waals surface area contributed by atoms with E-state index in [2.05, 4.69) is 15.6 Å². The summed E-state index contributed by atoms with van der Waals surface area (Å²) >= 11 is 0. The standard InChI is InChI=1S/C17H24N4O2/c1-3-9-18-16(22)13-10-20(2)11-14-15(13)19-21(17(14)23)12-7-5-4-6-8-12/h4-8,13-15,19H,3,9-11H2,1-2H3,(H,18,22). The van der Waals surface area contributed by atoms with E-state index in [-0.39, 0.29) is 29.7 Å². The molecule has 2 N–H and O–H groups in total. The van der Waals surface area contributed by atoms with E-state index in [0.29, 0.717) is 19.6 Å². The van der Waals surface area contributed by atoms with Crippen LogP contribution in [0.2, 0.25) is 0 Å². The average molecular weight is 316 g/mol. The largest absolute Gasteiger partial charge is 0.356 e. The van der Waals surface area contributed by atoms with E-state index in [4.69, 9.17) is 0 Å². The van der Waals surface area contributed by atoms with Crippen molar-refractivity contribution in [3.63, 3.8) is 0 Å². The predicted molar refractivity (Wildman–Crippen MR) is 88.6 cm³/mol. The van der Waals surface area contributed by atoms with E-state index < -0.39 is 0 Å². The Morgan fingerprint density at radius 3 is 2.74 bits per heavy atom. The molecule has 6 nitrogen and oxygen atoms in total. The van der Waals surface area contributed by atoms with E-state index in [0.717, 1.165) is 12.1 Å². The predicted octanol–water partition coefficient (Wildman–Crippen LogP) is 0.610. The maximum Gasteiger partial charge on any atom is 0.247 e. The Bertz CT molecular complexity index is 577. The normalized spacial score (nSPS) is 27.8. The van der Waals surface area contributed by atoms with Gasteiger partial charge in [-0.25, -0.2) is 10.4 Å². The van der Waals surface area contributed by atoms with E-state index in [1.807, 2.05) is 44.3 Å². The Balaban J connectivity index is 1.81. The molecule has 0 bridgehead atoms. The number of anilines is 1. The molecule has 2 aliphatic heterocycles. The Kier molecular flexibility index (Phi) is 4.63. The molecule has 3 unspecified atom stereocenters. The smallest absolute Gasteiger partial charge is 0.247 e. The molecule has 2 heterocycles. The summed E-state index contributed by atoms with van der Waals surface area (Å²) in [6.07, 6.45) is 0.908. The fourth-order valence-electron chi connectivity index (χ4n) is 3.45. The van der Waals surface area contributed by atoms with Crippen LogP contribution in [0.5, 0.6) is 0 Å². The summed E-state index contributed by atoms with van der Waals surface area (Å²) in [6.45, 7) is 4.05. The Hall–Kier alpha value is -1.92. The zero-order chi connectivity index (χ0) is 16.4. The van der Waals surface area contributed by atoms with Crippen LogP contribution in [-0.4, -0.2) is 49.4 Å². The third kappa shape index (κ3) is 3.09. The lowest BCUT2D eigenvalue weighted by molar-refractivity contribution is -0.129. The van der Waals surface area contributed by atoms with Gasteiger partial charge < -0.3 is 10.2 Å². The maximum atomic E-state index is 12.8. The zero-order valence-electron chi connectivity index (χ0n) is 13.7. The van der Waals surface area contributed by atoms with Crippen molar-refractivity contribution in [2.24, 2.45) is 11.8 Å². The molecule has 3 atom stereocenters. The topological polar surface area (TPSA) is 64.7 Å². The van der Waals surface area contributed by atoms with Gasteiger partial charge in [0, 0.05) is 19.6 Å². The molecule has 3 rings (SSSR count). The van der Waals surface area contributed by atoms with Gasteiger partial charge in [-0.05, 0) is 25.6 Å². The molecular formula is C17H24N4O2. The first-order chi connectivity index (χ1) is 11.1. The van der Waals surface area contributed by atoms with Crippen molar-refractivity contribution < 1.29 is 9.59 Å². The lowest BCUT2D eigenvalue weighted by Crippen LogP contribution is -2.56. The minimum atomic E-state index is -0.219. The number of nitrogens with zero attached hydrogens (tertiary/aromatic N) is 2. The Labute approximate surface area is 136 Å². The summed E-state index contributed by atoms with van der Waals surface area (Å²) in [5.41, 5.74) is 4.10. The minimum Gasteiger partial charge on any atom is -0.356 e. The number of fused-ring (bicyclic) bond motifs is 1. The van der Waals surface area contributed by atoms with Crippen LogP contribution >= 0.6 is 0 Å². The fraction of sp³-hybridized carbons (Fsp3) is 0.529. The monoisotopic (exact) mass is 316 g/mol. The molecule has 1 aromatic carbocycles. The van der Waals surface area contributed by atoms with Crippen molar-refractivity contribution in [3.8, 4) is 0 Å². The van der Waals surface area contributed by atoms with Gasteiger partial charge in [0.2, 0.25) is 11.8 Å². The van der Waals surface area contributed by atoms with Gasteiger partial charge in [0.1, 0.15) is 0 Å². The van der Waals surface area contributed by atoms with Gasteiger partial charge in [0.25, 0.3) is 0 Å². The molecule has 2 fully saturated rings. The molecular weight excluding hydrogens is 292 g/mol. The van der Waals surface area contributed by atoms with Crippen LogP contribution in [0.1, 0.15) is 13.3 Å². The van der Waals surface area contributed by atoms with Crippen molar-refractivity contribution in [1.29, 1.82) is 0 Å². The van der Waals surface area contributed by atoms with Gasteiger partial charge in [-0.1, -0.05) is 25.1 Å². The van der Waals surface area contributed by atoms with Gasteiger partial charge in [-0.3, -0.25) is 9.59 Å². The second-order valence-corrected chi connectivity index (χ2v) is 6.39. The number of benzene rings is 1. The molecule has 0 aliphatic carbocycles. The third-order valence-corrected chi connectivity index (χ3v) is 4.60. The molecule has 6 heteroatoms. The molecule has 0 saturated carbocycles. The first-order valence-corrected chi connectivity index (χ1v) is 8.23. The number of carbonyl (C=O) groups is 2. The molecule has 2 amide bonds. The zero-order valence-corrected chi connectivity index (χ0v) is 13.7. The molecule has 124 valence electrons. The van der Waals surface area contributed by atoms with Crippen LogP contribution in [-0.2, 0) is 9.59 Å². The van der Waals surface area contributed by atoms with Gasteiger partial charge in [-0.2, -0.15) is 0 Å². The molecule has 2 saturated heterocycles. The van der Waals surface area contributed by atoms with Crippen LogP contribution in [0.3, 0.4) is 0 Å². The van der Waals surface area contributed by atoms with Crippen molar-refractivity contribution in [2.75, 3.05) is 31.7 Å². The molecule has 23 heavy (non-hydrogen) atoms. The molecule has 2 aliphatic rings. The lowest BCUT2D eigenvalue weighted by atomic mass is 9.84. The van der Waals surface area contributed by atoms with Crippen LogP contribution in [0.15, 0.2) is 30.3 Å². The number of nitrogens with one attached hydrogen (secondary N) is 2. The number of amides is 2. The highest BCUT2D eigenvalue weighted by Gasteiger charge is 2.50. The maximum absolute atomic E-state index is 12.8. The van der Waals surface area contributed by atoms with E-state index in [1.165, 1.54) is 0 Å². The Morgan fingerprint density at radius 2 is 2.04 bits per heavy atom. The number of carbonyl (C=O) groups excluding carboxylic acids is 2. The minimum absolute atomic E-state index is 0.0311. The third-order valence-electron chi connectivity index (χ3n) is 4.60. The second kappa shape index (κ2) is 6.68. The molecule has 0 spiro atoms. The molecule has 0 aromatic heterocycles. The summed E-state index contributed by atoms with van der Waals surface area (Å²) in [7, 11) is 1.97. The summed E-state index contributed by atoms with van der Waals surface area (Å²) in [5.74, 6) is -0.334. The van der Waals surface area contributed by atoms with Crippen LogP contribution in [0, 0.1) is 11.8 Å². The summed E-state index contributed by atoms with van der Waals surface area (Å²) in [5, 5.41) is 4.57. The van der Waals surface area contributed by atoms with Crippen LogP contribution < -0.4 is 15.8 Å². The van der Waals surface area contributed by atoms with E-state index in [1.54, 1.807) is 5.01 Å². The lowest BCUT2D eigenvalue weighted by Gasteiger charge is -2.36. The second-order valence-electron chi connectivity index (χ2n) is 6.39. The quantitative estimate of drug-likeness (QED) is 0.854. The van der Waals surface area contributed by atoms with Crippen LogP contribution in [0.4, 0.5) is 5.69 Å². The van der Waals surface area contributed by atoms with Gasteiger partial charge in [0.05, 0.1) is 23.6 Å². The van der Waals surface area contributed by atoms with Crippen LogP contribution in [0.25, 0.3) is 0 Å². The van der Waals surface area contributed by atoms with Gasteiger partial charge in [-0.15, -0.1) is 0 Å². The number of hydrogen-bond acceptors (Lipinski definition) is 4. The summed E-state index contributed by atoms with van der Waals surface area (Å²) in [4.78, 5) is 27.3. The summed E-state index contributed by atoms with van der Waals surface area (Å²) in [6, 6.07) is 9.39. The number of piperidine rings is 1. The van der Waals surface area contributed by atoms with Gasteiger partial charge in [0.15, 0.2) is 0 Å². The highest BCUT2D eigenvalue weighted by atomic mass is 16.2. The highest BCUT2D eigenvalue weighted by Crippen LogP contribution is 2.31. The number of hydrazine groups is 1. The SMILES string of the molecule is CCCNC(=O)C1CN(C)CC2C(=O)N(c3ccccc3)NC12. The molecule has 1 aromatic rings. The van der Waals surface area contributed by atoms with E-state index in [9.17, 15) is 9.59 Å². The average Bonchev–Trinajstić information content (AvgIpc) is 2.90. The van der Waals surface area contributed by atoms with Crippen molar-refractivity contribution in [1.82, 2.24) is 15.6 Å². The van der Waals surface area contributed by atoms with Crippen molar-refractivity contribution >= 4 is 17.5 Å². The summed E-state index contributed by atoms with van der Waals surface area (Å²) < 4.78 is 0. The first kappa shape index (κ1) is 16.0. The number of para-hydroxylation sites is 1. The van der Waals surface area contributed by atoms with Crippen molar-refractivity contribution in [2.45, 2.75) is 19.4 Å². The first-order valence-electron chi connectivity index (χ1n) is 8.23. The van der Waals surface area contributed by atoms with Gasteiger partial charge >= 0.3 is 0 Å². The Morgan fingerprint density at radius 1 is 1.30 bits per heavy atom. The molecule has 0 radical (unpaired) electrons. The van der Waals surface area contributed by atoms with Crippen molar-refractivity contribution in [3.05, 3.63) is 30.3 Å². The highest BCUT2D eigenvalue weighted by molar-refractivity contribution is 5.98.